The van der Waals surface area contributed by atoms with E-state index in [1.165, 1.54) is 15.9 Å². The molecule has 9 nitrogen and oxygen atoms in total. The fourth-order valence-electron chi connectivity index (χ4n) is 5.24. The number of allylic oxidation sites excluding steroid dienone is 1. The minimum absolute atomic E-state index is 0.0799. The summed E-state index contributed by atoms with van der Waals surface area (Å²) in [6.45, 7) is 7.74. The lowest BCUT2D eigenvalue weighted by Gasteiger charge is -2.25. The molecule has 1 aromatic heterocycles. The Labute approximate surface area is 295 Å². The summed E-state index contributed by atoms with van der Waals surface area (Å²) in [5.41, 5.74) is 2.58. The molecule has 0 amide bonds. The highest BCUT2D eigenvalue weighted by atomic mass is 127. The molecule has 12 heteroatoms. The van der Waals surface area contributed by atoms with Crippen LogP contribution in [0.4, 0.5) is 0 Å². The molecule has 0 aliphatic carbocycles. The topological polar surface area (TPSA) is 97.6 Å². The Morgan fingerprint density at radius 3 is 2.53 bits per heavy atom. The average Bonchev–Trinajstić information content (AvgIpc) is 3.33. The zero-order valence-electron chi connectivity index (χ0n) is 26.8. The molecule has 2 heterocycles. The molecule has 0 bridgehead atoms. The summed E-state index contributed by atoms with van der Waals surface area (Å²) in [5.74, 6) is 1.48. The van der Waals surface area contributed by atoms with Crippen LogP contribution in [0.25, 0.3) is 6.08 Å². The number of esters is 1. The number of nitrogens with zero attached hydrogens (tertiary/aromatic N) is 2. The summed E-state index contributed by atoms with van der Waals surface area (Å²) in [6.07, 6.45) is 1.69. The second kappa shape index (κ2) is 15.0. The van der Waals surface area contributed by atoms with Crippen LogP contribution in [0, 0.1) is 3.57 Å². The second-order valence-electron chi connectivity index (χ2n) is 10.8. The van der Waals surface area contributed by atoms with Crippen molar-refractivity contribution in [1.29, 1.82) is 0 Å². The molecule has 246 valence electrons. The van der Waals surface area contributed by atoms with Crippen LogP contribution in [0.15, 0.2) is 75.7 Å². The van der Waals surface area contributed by atoms with Crippen molar-refractivity contribution in [2.24, 2.45) is 4.99 Å². The van der Waals surface area contributed by atoms with Crippen LogP contribution in [0.1, 0.15) is 50.4 Å². The maximum atomic E-state index is 14.3. The second-order valence-corrected chi connectivity index (χ2v) is 13.5. The first-order valence-electron chi connectivity index (χ1n) is 14.8. The zero-order chi connectivity index (χ0) is 33.8. The molecule has 0 spiro atoms. The van der Waals surface area contributed by atoms with Crippen molar-refractivity contribution in [2.75, 3.05) is 20.8 Å². The minimum Gasteiger partial charge on any atom is -0.493 e. The van der Waals surface area contributed by atoms with Crippen LogP contribution in [0.5, 0.6) is 23.0 Å². The molecule has 0 unspecified atom stereocenters. The molecular formula is C35H34ClIN2O7S. The van der Waals surface area contributed by atoms with E-state index in [-0.39, 0.29) is 30.5 Å². The van der Waals surface area contributed by atoms with Crippen molar-refractivity contribution in [1.82, 2.24) is 4.57 Å². The van der Waals surface area contributed by atoms with Crippen LogP contribution >= 0.6 is 45.5 Å². The molecule has 4 aromatic rings. The van der Waals surface area contributed by atoms with Gasteiger partial charge >= 0.3 is 5.97 Å². The third-order valence-corrected chi connectivity index (χ3v) is 9.05. The van der Waals surface area contributed by atoms with Gasteiger partial charge in [0.25, 0.3) is 5.56 Å². The van der Waals surface area contributed by atoms with E-state index in [1.54, 1.807) is 52.3 Å². The summed E-state index contributed by atoms with van der Waals surface area (Å²) in [7, 11) is 3.12. The fraction of sp³-hybridized carbons (Fsp3) is 0.286. The quantitative estimate of drug-likeness (QED) is 0.128. The van der Waals surface area contributed by atoms with E-state index in [1.807, 2.05) is 50.2 Å². The van der Waals surface area contributed by atoms with Gasteiger partial charge in [-0.3, -0.25) is 9.36 Å². The van der Waals surface area contributed by atoms with Gasteiger partial charge in [-0.2, -0.15) is 0 Å². The highest BCUT2D eigenvalue weighted by Crippen LogP contribution is 2.37. The number of ether oxygens (including phenoxy) is 5. The van der Waals surface area contributed by atoms with Gasteiger partial charge in [0.15, 0.2) is 27.8 Å². The van der Waals surface area contributed by atoms with E-state index in [9.17, 15) is 9.59 Å². The lowest BCUT2D eigenvalue weighted by Crippen LogP contribution is -2.40. The first-order valence-corrected chi connectivity index (χ1v) is 17.1. The van der Waals surface area contributed by atoms with Crippen LogP contribution in [-0.4, -0.2) is 37.5 Å². The van der Waals surface area contributed by atoms with Crippen molar-refractivity contribution in [3.05, 3.63) is 111 Å². The summed E-state index contributed by atoms with van der Waals surface area (Å²) in [6, 6.07) is 15.8. The number of aromatic nitrogens is 1. The standard InChI is InChI=1S/C35H34ClIN2O7S/c1-7-44-34(41)30-20(4)38-35-39(31(30)22-11-12-26(46-19(2)3)27(15-22)42-5)33(40)29(47-35)16-23-14-25(37)17-28(43-6)32(23)45-18-21-9-8-10-24(36)13-21/h8-17,19,31H,7,18H2,1-6H3/b29-16+/t31-/m1/s1. The summed E-state index contributed by atoms with van der Waals surface area (Å²) < 4.78 is 31.8. The molecular weight excluding hydrogens is 755 g/mol. The van der Waals surface area contributed by atoms with Crippen molar-refractivity contribution < 1.29 is 28.5 Å². The predicted octanol–water partition coefficient (Wildman–Crippen LogP) is 6.44. The molecule has 0 radical (unpaired) electrons. The first kappa shape index (κ1) is 34.5. The van der Waals surface area contributed by atoms with Gasteiger partial charge in [-0.05, 0) is 104 Å². The number of carbonyl (C=O) groups is 1. The Morgan fingerprint density at radius 2 is 1.85 bits per heavy atom. The molecule has 1 aliphatic rings. The van der Waals surface area contributed by atoms with E-state index in [0.29, 0.717) is 54.2 Å². The maximum Gasteiger partial charge on any atom is 0.338 e. The average molecular weight is 789 g/mol. The van der Waals surface area contributed by atoms with Gasteiger partial charge in [0.1, 0.15) is 6.61 Å². The number of carbonyl (C=O) groups excluding carboxylic acids is 1. The monoisotopic (exact) mass is 788 g/mol. The number of hydrogen-bond acceptors (Lipinski definition) is 9. The molecule has 5 rings (SSSR count). The van der Waals surface area contributed by atoms with Gasteiger partial charge in [0.2, 0.25) is 0 Å². The van der Waals surface area contributed by atoms with Crippen LogP contribution in [0.2, 0.25) is 5.02 Å². The van der Waals surface area contributed by atoms with Gasteiger partial charge in [0.05, 0.1) is 48.8 Å². The maximum absolute atomic E-state index is 14.3. The van der Waals surface area contributed by atoms with Crippen LogP contribution < -0.4 is 33.8 Å². The Kier molecular flexibility index (Phi) is 11.0. The molecule has 1 aliphatic heterocycles. The Balaban J connectivity index is 1.68. The van der Waals surface area contributed by atoms with Gasteiger partial charge in [-0.25, -0.2) is 9.79 Å². The van der Waals surface area contributed by atoms with Gasteiger partial charge in [-0.1, -0.05) is 41.1 Å². The Bertz CT molecular complexity index is 2040. The molecule has 0 saturated carbocycles. The van der Waals surface area contributed by atoms with Crippen LogP contribution in [0.3, 0.4) is 0 Å². The summed E-state index contributed by atoms with van der Waals surface area (Å²) in [4.78, 5) is 32.9. The largest absolute Gasteiger partial charge is 0.493 e. The number of fused-ring (bicyclic) bond motifs is 1. The molecule has 0 fully saturated rings. The van der Waals surface area contributed by atoms with Gasteiger partial charge in [-0.15, -0.1) is 0 Å². The number of hydrogen-bond donors (Lipinski definition) is 0. The van der Waals surface area contributed by atoms with E-state index < -0.39 is 12.0 Å². The number of thiazole rings is 1. The number of halogens is 2. The normalized spacial score (nSPS) is 14.5. The molecule has 0 saturated heterocycles. The first-order chi connectivity index (χ1) is 22.5. The summed E-state index contributed by atoms with van der Waals surface area (Å²) >= 11 is 9.61. The van der Waals surface area contributed by atoms with E-state index in [2.05, 4.69) is 22.6 Å². The zero-order valence-corrected chi connectivity index (χ0v) is 30.5. The number of benzene rings is 3. The minimum atomic E-state index is -0.821. The van der Waals surface area contributed by atoms with Crippen molar-refractivity contribution in [3.63, 3.8) is 0 Å². The molecule has 3 aromatic carbocycles. The Hall–Kier alpha value is -3.81. The highest BCUT2D eigenvalue weighted by molar-refractivity contribution is 14.1. The molecule has 1 atom stereocenters. The summed E-state index contributed by atoms with van der Waals surface area (Å²) in [5, 5.41) is 0.605. The highest BCUT2D eigenvalue weighted by Gasteiger charge is 2.34. The predicted molar refractivity (Wildman–Crippen MR) is 191 cm³/mol. The third kappa shape index (κ3) is 7.52. The molecule has 47 heavy (non-hydrogen) atoms. The Morgan fingerprint density at radius 1 is 1.09 bits per heavy atom. The fourth-order valence-corrected chi connectivity index (χ4v) is 7.11. The van der Waals surface area contributed by atoms with Crippen LogP contribution in [-0.2, 0) is 16.1 Å². The van der Waals surface area contributed by atoms with E-state index >= 15 is 0 Å². The lowest BCUT2D eigenvalue weighted by atomic mass is 9.95. The van der Waals surface area contributed by atoms with Gasteiger partial charge < -0.3 is 23.7 Å². The third-order valence-electron chi connectivity index (χ3n) is 7.21. The number of methoxy groups -OCH3 is 2. The number of rotatable bonds is 11. The molecule has 0 N–H and O–H groups in total. The van der Waals surface area contributed by atoms with E-state index in [4.69, 9.17) is 40.3 Å². The van der Waals surface area contributed by atoms with Crippen molar-refractivity contribution in [2.45, 2.75) is 46.4 Å². The smallest absolute Gasteiger partial charge is 0.338 e. The van der Waals surface area contributed by atoms with E-state index in [0.717, 1.165) is 9.13 Å². The van der Waals surface area contributed by atoms with Crippen molar-refractivity contribution in [3.8, 4) is 23.0 Å². The lowest BCUT2D eigenvalue weighted by molar-refractivity contribution is -0.139. The SMILES string of the molecule is CCOC(=O)C1=C(C)N=c2s/c(=C/c3cc(I)cc(OC)c3OCc3cccc(Cl)c3)c(=O)n2[C@@H]1c1ccc(OC(C)C)c(OC)c1. The van der Waals surface area contributed by atoms with Crippen molar-refractivity contribution >= 4 is 57.6 Å². The van der Waals surface area contributed by atoms with Gasteiger partial charge in [0, 0.05) is 14.2 Å².